The molecular weight excluding hydrogens is 404 g/mol. The van der Waals surface area contributed by atoms with Gasteiger partial charge in [0.2, 0.25) is 0 Å². The van der Waals surface area contributed by atoms with E-state index in [9.17, 15) is 4.79 Å². The first kappa shape index (κ1) is 21.5. The van der Waals surface area contributed by atoms with Crippen molar-refractivity contribution < 1.29 is 9.53 Å². The zero-order chi connectivity index (χ0) is 21.1. The van der Waals surface area contributed by atoms with Gasteiger partial charge in [-0.25, -0.2) is 4.99 Å². The first-order valence-electron chi connectivity index (χ1n) is 9.58. The van der Waals surface area contributed by atoms with Gasteiger partial charge in [-0.1, -0.05) is 30.7 Å². The van der Waals surface area contributed by atoms with Crippen molar-refractivity contribution >= 4 is 46.2 Å². The van der Waals surface area contributed by atoms with Crippen LogP contribution in [0, 0.1) is 13.8 Å². The number of halogens is 1. The molecule has 2 aromatic carbocycles. The monoisotopic (exact) mass is 428 g/mol. The van der Waals surface area contributed by atoms with Crippen LogP contribution in [0.2, 0.25) is 5.02 Å². The fourth-order valence-electron chi connectivity index (χ4n) is 2.71. The van der Waals surface area contributed by atoms with Crippen LogP contribution in [0.3, 0.4) is 0 Å². The van der Waals surface area contributed by atoms with Crippen LogP contribution >= 0.6 is 23.4 Å². The third-order valence-corrected chi connectivity index (χ3v) is 6.23. The number of likely N-dealkylation sites (N-methyl/N-ethyl adjacent to an activating group) is 1. The number of rotatable bonds is 5. The Morgan fingerprint density at radius 3 is 2.62 bits per heavy atom. The number of amides is 1. The van der Waals surface area contributed by atoms with Crippen molar-refractivity contribution in [2.75, 3.05) is 7.05 Å². The van der Waals surface area contributed by atoms with Gasteiger partial charge < -0.3 is 4.74 Å². The van der Waals surface area contributed by atoms with E-state index >= 15 is 0 Å². The van der Waals surface area contributed by atoms with E-state index in [0.717, 1.165) is 17.7 Å². The molecule has 0 N–H and O–H groups in total. The summed E-state index contributed by atoms with van der Waals surface area (Å²) >= 11 is 7.73. The van der Waals surface area contributed by atoms with E-state index in [-0.39, 0.29) is 12.0 Å². The molecule has 2 aromatic rings. The van der Waals surface area contributed by atoms with Crippen LogP contribution in [0.25, 0.3) is 6.08 Å². The Balaban J connectivity index is 1.83. The molecule has 152 valence electrons. The van der Waals surface area contributed by atoms with Crippen LogP contribution in [0.15, 0.2) is 46.3 Å². The Hall–Kier alpha value is -2.24. The maximum atomic E-state index is 12.7. The van der Waals surface area contributed by atoms with Gasteiger partial charge >= 0.3 is 0 Å². The molecule has 0 unspecified atom stereocenters. The molecule has 1 aliphatic rings. The average Bonchev–Trinajstić information content (AvgIpc) is 2.94. The lowest BCUT2D eigenvalue weighted by Gasteiger charge is -2.14. The topological polar surface area (TPSA) is 41.9 Å². The molecule has 0 radical (unpaired) electrons. The Kier molecular flexibility index (Phi) is 6.70. The van der Waals surface area contributed by atoms with Crippen LogP contribution in [0.4, 0.5) is 5.69 Å². The Bertz CT molecular complexity index is 1000. The summed E-state index contributed by atoms with van der Waals surface area (Å²) in [6, 6.07) is 11.6. The standard InChI is InChI=1S/C23H25ClN2O2S/c1-6-16(4)28-20-10-8-17(12-19(20)24)13-21-22(27)26(5)23(29-21)25-18-9-7-14(2)15(3)11-18/h7-13,16H,6H2,1-5H3/b21-13-,25-23?/t16-/m1/s1. The zero-order valence-electron chi connectivity index (χ0n) is 17.3. The second-order valence-corrected chi connectivity index (χ2v) is 8.58. The highest BCUT2D eigenvalue weighted by Gasteiger charge is 2.30. The van der Waals surface area contributed by atoms with E-state index in [0.29, 0.717) is 20.8 Å². The fraction of sp³-hybridized carbons (Fsp3) is 0.304. The molecule has 1 saturated heterocycles. The number of hydrogen-bond acceptors (Lipinski definition) is 4. The van der Waals surface area contributed by atoms with Crippen LogP contribution in [-0.4, -0.2) is 29.1 Å². The largest absolute Gasteiger partial charge is 0.489 e. The number of nitrogens with zero attached hydrogens (tertiary/aromatic N) is 2. The highest BCUT2D eigenvalue weighted by atomic mass is 35.5. The number of aryl methyl sites for hydroxylation is 2. The van der Waals surface area contributed by atoms with E-state index < -0.39 is 0 Å². The molecule has 1 amide bonds. The van der Waals surface area contributed by atoms with Crippen LogP contribution in [-0.2, 0) is 4.79 Å². The molecule has 1 fully saturated rings. The molecule has 0 bridgehead atoms. The summed E-state index contributed by atoms with van der Waals surface area (Å²) in [4.78, 5) is 19.5. The summed E-state index contributed by atoms with van der Waals surface area (Å²) < 4.78 is 5.81. The van der Waals surface area contributed by atoms with Crippen LogP contribution < -0.4 is 4.74 Å². The SMILES string of the molecule is CC[C@@H](C)Oc1ccc(/C=C2\SC(=Nc3ccc(C)c(C)c3)N(C)C2=O)cc1Cl. The number of hydrogen-bond donors (Lipinski definition) is 0. The predicted molar refractivity (Wildman–Crippen MR) is 123 cm³/mol. The van der Waals surface area contributed by atoms with E-state index in [1.54, 1.807) is 11.9 Å². The van der Waals surface area contributed by atoms with Crippen molar-refractivity contribution in [1.82, 2.24) is 4.90 Å². The molecular formula is C23H25ClN2O2S. The number of carbonyl (C=O) groups excluding carboxylic acids is 1. The summed E-state index contributed by atoms with van der Waals surface area (Å²) in [6.45, 7) is 8.19. The fourth-order valence-corrected chi connectivity index (χ4v) is 3.93. The number of aliphatic imine (C=N–C) groups is 1. The van der Waals surface area contributed by atoms with Crippen LogP contribution in [0.1, 0.15) is 37.0 Å². The van der Waals surface area contributed by atoms with Crippen molar-refractivity contribution in [3.63, 3.8) is 0 Å². The molecule has 29 heavy (non-hydrogen) atoms. The smallest absolute Gasteiger partial charge is 0.266 e. The number of amidine groups is 1. The van der Waals surface area contributed by atoms with Crippen LogP contribution in [0.5, 0.6) is 5.75 Å². The molecule has 4 nitrogen and oxygen atoms in total. The number of thioether (sulfide) groups is 1. The summed E-state index contributed by atoms with van der Waals surface area (Å²) in [5, 5.41) is 1.19. The van der Waals surface area contributed by atoms with E-state index in [4.69, 9.17) is 16.3 Å². The van der Waals surface area contributed by atoms with Gasteiger partial charge in [-0.05, 0) is 86.0 Å². The van der Waals surface area contributed by atoms with Gasteiger partial charge in [-0.3, -0.25) is 9.69 Å². The molecule has 1 aliphatic heterocycles. The summed E-state index contributed by atoms with van der Waals surface area (Å²) in [5.41, 5.74) is 4.08. The van der Waals surface area contributed by atoms with Gasteiger partial charge in [0.25, 0.3) is 5.91 Å². The number of carbonyl (C=O) groups is 1. The van der Waals surface area contributed by atoms with E-state index in [2.05, 4.69) is 25.8 Å². The number of ether oxygens (including phenoxy) is 1. The first-order valence-corrected chi connectivity index (χ1v) is 10.8. The maximum absolute atomic E-state index is 12.7. The highest BCUT2D eigenvalue weighted by molar-refractivity contribution is 8.18. The number of benzene rings is 2. The lowest BCUT2D eigenvalue weighted by molar-refractivity contribution is -0.121. The van der Waals surface area contributed by atoms with Gasteiger partial charge in [0, 0.05) is 7.05 Å². The quantitative estimate of drug-likeness (QED) is 0.519. The normalized spacial score (nSPS) is 18.0. The Morgan fingerprint density at radius 1 is 1.21 bits per heavy atom. The average molecular weight is 429 g/mol. The lowest BCUT2D eigenvalue weighted by atomic mass is 10.1. The minimum absolute atomic E-state index is 0.0753. The van der Waals surface area contributed by atoms with Gasteiger partial charge in [0.1, 0.15) is 5.75 Å². The van der Waals surface area contributed by atoms with Crippen molar-refractivity contribution in [2.45, 2.75) is 40.2 Å². The Morgan fingerprint density at radius 2 is 1.97 bits per heavy atom. The second kappa shape index (κ2) is 9.06. The third kappa shape index (κ3) is 5.03. The zero-order valence-corrected chi connectivity index (χ0v) is 18.9. The van der Waals surface area contributed by atoms with Gasteiger partial charge in [-0.2, -0.15) is 0 Å². The third-order valence-electron chi connectivity index (χ3n) is 4.88. The molecule has 1 atom stereocenters. The molecule has 0 saturated carbocycles. The molecule has 0 spiro atoms. The molecule has 3 rings (SSSR count). The minimum atomic E-state index is -0.0753. The second-order valence-electron chi connectivity index (χ2n) is 7.16. The van der Waals surface area contributed by atoms with Gasteiger partial charge in [-0.15, -0.1) is 0 Å². The van der Waals surface area contributed by atoms with Crippen molar-refractivity contribution in [3.8, 4) is 5.75 Å². The summed E-state index contributed by atoms with van der Waals surface area (Å²) in [7, 11) is 1.74. The van der Waals surface area contributed by atoms with E-state index in [1.165, 1.54) is 22.9 Å². The molecule has 1 heterocycles. The Labute approximate surface area is 181 Å². The van der Waals surface area contributed by atoms with Gasteiger partial charge in [0.05, 0.1) is 21.7 Å². The van der Waals surface area contributed by atoms with Crippen molar-refractivity contribution in [2.24, 2.45) is 4.99 Å². The molecule has 0 aliphatic carbocycles. The summed E-state index contributed by atoms with van der Waals surface area (Å²) in [6.07, 6.45) is 2.84. The van der Waals surface area contributed by atoms with E-state index in [1.807, 2.05) is 49.4 Å². The summed E-state index contributed by atoms with van der Waals surface area (Å²) in [5.74, 6) is 0.580. The molecule has 6 heteroatoms. The predicted octanol–water partition coefficient (Wildman–Crippen LogP) is 6.37. The lowest BCUT2D eigenvalue weighted by Crippen LogP contribution is -2.23. The maximum Gasteiger partial charge on any atom is 0.266 e. The van der Waals surface area contributed by atoms with Gasteiger partial charge in [0.15, 0.2) is 5.17 Å². The first-order chi connectivity index (χ1) is 13.8. The highest BCUT2D eigenvalue weighted by Crippen LogP contribution is 2.35. The van der Waals surface area contributed by atoms with Crippen molar-refractivity contribution in [1.29, 1.82) is 0 Å². The van der Waals surface area contributed by atoms with Crippen molar-refractivity contribution in [3.05, 3.63) is 63.0 Å². The minimum Gasteiger partial charge on any atom is -0.489 e. The molecule has 0 aromatic heterocycles.